The van der Waals surface area contributed by atoms with Crippen molar-refractivity contribution >= 4 is 23.0 Å². The van der Waals surface area contributed by atoms with Crippen LogP contribution in [0.15, 0.2) is 30.3 Å². The quantitative estimate of drug-likeness (QED) is 0.656. The molecule has 7 nitrogen and oxygen atoms in total. The van der Waals surface area contributed by atoms with E-state index in [1.165, 1.54) is 23.1 Å². The van der Waals surface area contributed by atoms with Crippen LogP contribution in [0.25, 0.3) is 0 Å². The number of anilines is 2. The number of hydrogen-bond acceptors (Lipinski definition) is 5. The first-order valence-corrected chi connectivity index (χ1v) is 8.00. The number of nitro benzene ring substituents is 1. The van der Waals surface area contributed by atoms with Crippen molar-refractivity contribution < 1.29 is 9.72 Å². The molecule has 0 heterocycles. The third-order valence-corrected chi connectivity index (χ3v) is 4.03. The minimum absolute atomic E-state index is 0.0561. The molecule has 0 aromatic heterocycles. The van der Waals surface area contributed by atoms with Crippen LogP contribution < -0.4 is 10.2 Å². The lowest BCUT2D eigenvalue weighted by Gasteiger charge is -2.20. The number of likely N-dealkylation sites (N-methyl/N-ethyl adjacent to an activating group) is 1. The van der Waals surface area contributed by atoms with Gasteiger partial charge in [0.25, 0.3) is 5.69 Å². The minimum atomic E-state index is -0.557. The van der Waals surface area contributed by atoms with E-state index in [1.807, 2.05) is 39.0 Å². The first kappa shape index (κ1) is 18.9. The second kappa shape index (κ2) is 7.66. The van der Waals surface area contributed by atoms with E-state index < -0.39 is 4.92 Å². The summed E-state index contributed by atoms with van der Waals surface area (Å²) in [6.07, 6.45) is 0. The molecule has 0 saturated carbocycles. The predicted octanol–water partition coefficient (Wildman–Crippen LogP) is 3.47. The highest BCUT2D eigenvalue weighted by Crippen LogP contribution is 2.28. The standard InChI is InChI=1S/C19H20N4O3/c1-12-7-13(2)19(14(3)8-12)21-18(24)11-22(4)16-6-5-15(10-20)9-17(16)23(25)26/h5-9H,11H2,1-4H3,(H,21,24). The fourth-order valence-corrected chi connectivity index (χ4v) is 2.92. The van der Waals surface area contributed by atoms with Gasteiger partial charge in [-0.3, -0.25) is 14.9 Å². The molecule has 26 heavy (non-hydrogen) atoms. The molecule has 0 bridgehead atoms. The van der Waals surface area contributed by atoms with Gasteiger partial charge in [0, 0.05) is 18.8 Å². The Morgan fingerprint density at radius 1 is 1.23 bits per heavy atom. The second-order valence-corrected chi connectivity index (χ2v) is 6.25. The van der Waals surface area contributed by atoms with Gasteiger partial charge in [0.1, 0.15) is 5.69 Å². The summed E-state index contributed by atoms with van der Waals surface area (Å²) in [5.74, 6) is -0.277. The van der Waals surface area contributed by atoms with Gasteiger partial charge in [0.05, 0.1) is 23.1 Å². The van der Waals surface area contributed by atoms with E-state index in [0.717, 1.165) is 22.4 Å². The SMILES string of the molecule is Cc1cc(C)c(NC(=O)CN(C)c2ccc(C#N)cc2[N+](=O)[O-])c(C)c1. The summed E-state index contributed by atoms with van der Waals surface area (Å²) in [5.41, 5.74) is 4.06. The summed E-state index contributed by atoms with van der Waals surface area (Å²) in [7, 11) is 1.60. The van der Waals surface area contributed by atoms with Crippen molar-refractivity contribution in [2.24, 2.45) is 0 Å². The molecule has 1 amide bonds. The molecule has 2 rings (SSSR count). The van der Waals surface area contributed by atoms with Crippen molar-refractivity contribution in [2.45, 2.75) is 20.8 Å². The Hall–Kier alpha value is -3.40. The normalized spacial score (nSPS) is 10.1. The third kappa shape index (κ3) is 4.16. The van der Waals surface area contributed by atoms with Crippen LogP contribution in [0.3, 0.4) is 0 Å². The van der Waals surface area contributed by atoms with E-state index in [0.29, 0.717) is 0 Å². The van der Waals surface area contributed by atoms with Crippen molar-refractivity contribution in [1.29, 1.82) is 5.26 Å². The average Bonchev–Trinajstić information content (AvgIpc) is 2.57. The molecule has 0 spiro atoms. The fraction of sp³-hybridized carbons (Fsp3) is 0.263. The highest BCUT2D eigenvalue weighted by atomic mass is 16.6. The van der Waals surface area contributed by atoms with E-state index >= 15 is 0 Å². The molecule has 0 aliphatic rings. The van der Waals surface area contributed by atoms with Gasteiger partial charge in [-0.2, -0.15) is 5.26 Å². The molecule has 0 saturated heterocycles. The molecule has 0 atom stereocenters. The Kier molecular flexibility index (Phi) is 5.58. The van der Waals surface area contributed by atoms with Crippen LogP contribution in [0.5, 0.6) is 0 Å². The topological polar surface area (TPSA) is 99.3 Å². The van der Waals surface area contributed by atoms with Crippen molar-refractivity contribution in [1.82, 2.24) is 0 Å². The summed E-state index contributed by atoms with van der Waals surface area (Å²) in [6, 6.07) is 10.0. The summed E-state index contributed by atoms with van der Waals surface area (Å²) >= 11 is 0. The molecular formula is C19H20N4O3. The Labute approximate surface area is 152 Å². The maximum atomic E-state index is 12.4. The number of carbonyl (C=O) groups is 1. The number of carbonyl (C=O) groups excluding carboxylic acids is 1. The smallest absolute Gasteiger partial charge is 0.293 e. The van der Waals surface area contributed by atoms with Gasteiger partial charge in [-0.25, -0.2) is 0 Å². The van der Waals surface area contributed by atoms with Crippen LogP contribution in [0.2, 0.25) is 0 Å². The zero-order chi connectivity index (χ0) is 19.4. The van der Waals surface area contributed by atoms with Gasteiger partial charge in [-0.1, -0.05) is 17.7 Å². The van der Waals surface area contributed by atoms with E-state index in [2.05, 4.69) is 5.32 Å². The Bertz CT molecular complexity index is 892. The zero-order valence-electron chi connectivity index (χ0n) is 15.2. The number of nitriles is 1. The summed E-state index contributed by atoms with van der Waals surface area (Å²) < 4.78 is 0. The van der Waals surface area contributed by atoms with Gasteiger partial charge in [-0.15, -0.1) is 0 Å². The molecular weight excluding hydrogens is 332 g/mol. The number of amides is 1. The number of nitro groups is 1. The number of nitrogens with zero attached hydrogens (tertiary/aromatic N) is 3. The van der Waals surface area contributed by atoms with Crippen molar-refractivity contribution in [2.75, 3.05) is 23.8 Å². The highest BCUT2D eigenvalue weighted by Gasteiger charge is 2.20. The second-order valence-electron chi connectivity index (χ2n) is 6.25. The number of benzene rings is 2. The Balaban J connectivity index is 2.20. The lowest BCUT2D eigenvalue weighted by atomic mass is 10.1. The maximum Gasteiger partial charge on any atom is 0.293 e. The van der Waals surface area contributed by atoms with Gasteiger partial charge in [0.2, 0.25) is 5.91 Å². The first-order chi connectivity index (χ1) is 12.2. The Morgan fingerprint density at radius 2 is 1.85 bits per heavy atom. The third-order valence-electron chi connectivity index (χ3n) is 4.03. The predicted molar refractivity (Wildman–Crippen MR) is 100 cm³/mol. The molecule has 1 N–H and O–H groups in total. The number of rotatable bonds is 5. The van der Waals surface area contributed by atoms with Crippen molar-refractivity contribution in [3.8, 4) is 6.07 Å². The average molecular weight is 352 g/mol. The largest absolute Gasteiger partial charge is 0.360 e. The van der Waals surface area contributed by atoms with Gasteiger partial charge >= 0.3 is 0 Å². The zero-order valence-corrected chi connectivity index (χ0v) is 15.2. The van der Waals surface area contributed by atoms with Crippen LogP contribution in [0.4, 0.5) is 17.1 Å². The lowest BCUT2D eigenvalue weighted by molar-refractivity contribution is -0.384. The van der Waals surface area contributed by atoms with Crippen LogP contribution in [0.1, 0.15) is 22.3 Å². The maximum absolute atomic E-state index is 12.4. The van der Waals surface area contributed by atoms with Gasteiger partial charge in [-0.05, 0) is 44.0 Å². The molecule has 0 unspecified atom stereocenters. The molecule has 2 aromatic carbocycles. The summed E-state index contributed by atoms with van der Waals surface area (Å²) in [5, 5.41) is 23.0. The number of aryl methyl sites for hydroxylation is 3. The van der Waals surface area contributed by atoms with E-state index in [4.69, 9.17) is 5.26 Å². The molecule has 7 heteroatoms. The molecule has 0 fully saturated rings. The van der Waals surface area contributed by atoms with Crippen molar-refractivity contribution in [3.05, 3.63) is 62.7 Å². The van der Waals surface area contributed by atoms with E-state index in [9.17, 15) is 14.9 Å². The minimum Gasteiger partial charge on any atom is -0.360 e. The molecule has 134 valence electrons. The molecule has 2 aromatic rings. The van der Waals surface area contributed by atoms with E-state index in [1.54, 1.807) is 7.05 Å². The van der Waals surface area contributed by atoms with Gasteiger partial charge < -0.3 is 10.2 Å². The van der Waals surface area contributed by atoms with Crippen molar-refractivity contribution in [3.63, 3.8) is 0 Å². The van der Waals surface area contributed by atoms with Crippen LogP contribution in [-0.4, -0.2) is 24.4 Å². The Morgan fingerprint density at radius 3 is 2.38 bits per heavy atom. The molecule has 0 aliphatic carbocycles. The summed E-state index contributed by atoms with van der Waals surface area (Å²) in [6.45, 7) is 5.78. The van der Waals surface area contributed by atoms with Crippen LogP contribution in [-0.2, 0) is 4.79 Å². The van der Waals surface area contributed by atoms with E-state index in [-0.39, 0.29) is 29.4 Å². The fourth-order valence-electron chi connectivity index (χ4n) is 2.92. The monoisotopic (exact) mass is 352 g/mol. The van der Waals surface area contributed by atoms with Crippen LogP contribution >= 0.6 is 0 Å². The first-order valence-electron chi connectivity index (χ1n) is 8.00. The number of nitrogens with one attached hydrogen (secondary N) is 1. The number of hydrogen-bond donors (Lipinski definition) is 1. The molecule has 0 aliphatic heterocycles. The summed E-state index contributed by atoms with van der Waals surface area (Å²) in [4.78, 5) is 24.6. The van der Waals surface area contributed by atoms with Gasteiger partial charge in [0.15, 0.2) is 0 Å². The van der Waals surface area contributed by atoms with Crippen LogP contribution in [0, 0.1) is 42.2 Å². The lowest BCUT2D eigenvalue weighted by Crippen LogP contribution is -2.31. The highest BCUT2D eigenvalue weighted by molar-refractivity contribution is 5.95. The molecule has 0 radical (unpaired) electrons.